The van der Waals surface area contributed by atoms with Crippen LogP contribution in [0, 0.1) is 6.92 Å². The van der Waals surface area contributed by atoms with Gasteiger partial charge in [-0.25, -0.2) is 0 Å². The highest BCUT2D eigenvalue weighted by Gasteiger charge is 2.12. The number of benzene rings is 1. The van der Waals surface area contributed by atoms with Crippen LogP contribution in [0.4, 0.5) is 0 Å². The third-order valence-corrected chi connectivity index (χ3v) is 3.71. The Bertz CT molecular complexity index is 659. The number of pyridine rings is 1. The monoisotopic (exact) mass is 287 g/mol. The molecule has 0 aliphatic rings. The lowest BCUT2D eigenvalue weighted by Gasteiger charge is -2.14. The average Bonchev–Trinajstić information content (AvgIpc) is 2.52. The Morgan fingerprint density at radius 2 is 1.90 bits per heavy atom. The molecule has 21 heavy (non-hydrogen) atoms. The molecule has 1 aromatic carbocycles. The van der Waals surface area contributed by atoms with Crippen molar-refractivity contribution in [3.05, 3.63) is 63.6 Å². The van der Waals surface area contributed by atoms with Crippen LogP contribution in [-0.2, 0) is 6.54 Å². The molecule has 2 aromatic rings. The van der Waals surface area contributed by atoms with Crippen molar-refractivity contribution in [1.29, 1.82) is 0 Å². The van der Waals surface area contributed by atoms with Crippen molar-refractivity contribution >= 4 is 0 Å². The highest BCUT2D eigenvalue weighted by atomic mass is 16.5. The van der Waals surface area contributed by atoms with E-state index in [1.54, 1.807) is 24.8 Å². The predicted octanol–water partition coefficient (Wildman–Crippen LogP) is 2.66. The molecule has 2 rings (SSSR count). The molecular weight excluding hydrogens is 266 g/mol. The first-order chi connectivity index (χ1) is 10.1. The van der Waals surface area contributed by atoms with E-state index in [0.717, 1.165) is 11.3 Å². The summed E-state index contributed by atoms with van der Waals surface area (Å²) in [5, 5.41) is 9.91. The molecule has 1 unspecified atom stereocenters. The maximum absolute atomic E-state index is 12.4. The van der Waals surface area contributed by atoms with Gasteiger partial charge in [-0.15, -0.1) is 0 Å². The Hall–Kier alpha value is -2.07. The lowest BCUT2D eigenvalue weighted by Crippen LogP contribution is -2.24. The van der Waals surface area contributed by atoms with Crippen molar-refractivity contribution in [2.24, 2.45) is 0 Å². The molecule has 0 fully saturated rings. The summed E-state index contributed by atoms with van der Waals surface area (Å²) < 4.78 is 6.78. The van der Waals surface area contributed by atoms with E-state index in [1.807, 2.05) is 37.3 Å². The average molecular weight is 287 g/mol. The number of aliphatic hydroxyl groups is 1. The SMILES string of the molecule is CCC(O)c1ccn(Cc2ccc(OC)cc2)c(=O)c1C. The third-order valence-electron chi connectivity index (χ3n) is 3.71. The largest absolute Gasteiger partial charge is 0.497 e. The van der Waals surface area contributed by atoms with Crippen molar-refractivity contribution in [2.75, 3.05) is 7.11 Å². The molecule has 0 bridgehead atoms. The van der Waals surface area contributed by atoms with Gasteiger partial charge in [0.05, 0.1) is 19.8 Å². The summed E-state index contributed by atoms with van der Waals surface area (Å²) in [6.45, 7) is 4.17. The van der Waals surface area contributed by atoms with Crippen LogP contribution in [0.25, 0.3) is 0 Å². The molecule has 0 saturated carbocycles. The Labute approximate surface area is 124 Å². The van der Waals surface area contributed by atoms with E-state index >= 15 is 0 Å². The third kappa shape index (κ3) is 3.34. The molecule has 0 amide bonds. The van der Waals surface area contributed by atoms with E-state index in [2.05, 4.69) is 0 Å². The van der Waals surface area contributed by atoms with E-state index < -0.39 is 6.10 Å². The summed E-state index contributed by atoms with van der Waals surface area (Å²) in [6, 6.07) is 9.46. The van der Waals surface area contributed by atoms with Gasteiger partial charge < -0.3 is 14.4 Å². The minimum atomic E-state index is -0.576. The van der Waals surface area contributed by atoms with Crippen LogP contribution in [0.2, 0.25) is 0 Å². The van der Waals surface area contributed by atoms with Crippen molar-refractivity contribution in [3.63, 3.8) is 0 Å². The lowest BCUT2D eigenvalue weighted by molar-refractivity contribution is 0.172. The Balaban J connectivity index is 2.28. The van der Waals surface area contributed by atoms with Crippen molar-refractivity contribution in [2.45, 2.75) is 32.9 Å². The number of rotatable bonds is 5. The Morgan fingerprint density at radius 1 is 1.24 bits per heavy atom. The zero-order valence-corrected chi connectivity index (χ0v) is 12.7. The summed E-state index contributed by atoms with van der Waals surface area (Å²) in [5.74, 6) is 0.795. The number of hydrogen-bond acceptors (Lipinski definition) is 3. The van der Waals surface area contributed by atoms with Crippen LogP contribution in [0.3, 0.4) is 0 Å². The first kappa shape index (κ1) is 15.3. The quantitative estimate of drug-likeness (QED) is 0.920. The molecule has 4 heteroatoms. The van der Waals surface area contributed by atoms with Crippen LogP contribution in [-0.4, -0.2) is 16.8 Å². The summed E-state index contributed by atoms with van der Waals surface area (Å²) in [5.41, 5.74) is 2.30. The number of aliphatic hydroxyl groups excluding tert-OH is 1. The predicted molar refractivity (Wildman–Crippen MR) is 82.8 cm³/mol. The van der Waals surface area contributed by atoms with Gasteiger partial charge in [-0.1, -0.05) is 19.1 Å². The minimum absolute atomic E-state index is 0.0594. The molecule has 0 radical (unpaired) electrons. The van der Waals surface area contributed by atoms with Crippen molar-refractivity contribution in [1.82, 2.24) is 4.57 Å². The number of hydrogen-bond donors (Lipinski definition) is 1. The molecular formula is C17H21NO3. The number of methoxy groups -OCH3 is 1. The highest BCUT2D eigenvalue weighted by molar-refractivity contribution is 5.29. The second-order valence-electron chi connectivity index (χ2n) is 5.10. The van der Waals surface area contributed by atoms with Gasteiger partial charge in [-0.2, -0.15) is 0 Å². The summed E-state index contributed by atoms with van der Waals surface area (Å²) >= 11 is 0. The molecule has 1 N–H and O–H groups in total. The minimum Gasteiger partial charge on any atom is -0.497 e. The summed E-state index contributed by atoms with van der Waals surface area (Å²) in [4.78, 5) is 12.4. The first-order valence-corrected chi connectivity index (χ1v) is 7.07. The molecule has 1 aromatic heterocycles. The molecule has 0 spiro atoms. The summed E-state index contributed by atoms with van der Waals surface area (Å²) in [6.07, 6.45) is 1.77. The van der Waals surface area contributed by atoms with Gasteiger partial charge in [0, 0.05) is 11.8 Å². The molecule has 0 saturated heterocycles. The van der Waals surface area contributed by atoms with Crippen LogP contribution in [0.15, 0.2) is 41.3 Å². The van der Waals surface area contributed by atoms with Gasteiger partial charge in [0.25, 0.3) is 5.56 Å². The van der Waals surface area contributed by atoms with E-state index in [-0.39, 0.29) is 5.56 Å². The van der Waals surface area contributed by atoms with E-state index in [9.17, 15) is 9.90 Å². The van der Waals surface area contributed by atoms with Crippen molar-refractivity contribution in [3.8, 4) is 5.75 Å². The molecule has 112 valence electrons. The van der Waals surface area contributed by atoms with E-state index in [1.165, 1.54) is 0 Å². The van der Waals surface area contributed by atoms with Gasteiger partial charge in [0.2, 0.25) is 0 Å². The van der Waals surface area contributed by atoms with Crippen LogP contribution < -0.4 is 10.3 Å². The van der Waals surface area contributed by atoms with Gasteiger partial charge in [0.15, 0.2) is 0 Å². The molecule has 1 atom stereocenters. The maximum atomic E-state index is 12.4. The van der Waals surface area contributed by atoms with Gasteiger partial charge >= 0.3 is 0 Å². The molecule has 4 nitrogen and oxygen atoms in total. The van der Waals surface area contributed by atoms with Crippen molar-refractivity contribution < 1.29 is 9.84 Å². The molecule has 0 aliphatic heterocycles. The second kappa shape index (κ2) is 6.59. The number of nitrogens with zero attached hydrogens (tertiary/aromatic N) is 1. The zero-order chi connectivity index (χ0) is 15.4. The Morgan fingerprint density at radius 3 is 2.48 bits per heavy atom. The fourth-order valence-corrected chi connectivity index (χ4v) is 2.33. The normalized spacial score (nSPS) is 12.2. The fourth-order valence-electron chi connectivity index (χ4n) is 2.33. The first-order valence-electron chi connectivity index (χ1n) is 7.07. The topological polar surface area (TPSA) is 51.5 Å². The van der Waals surface area contributed by atoms with Gasteiger partial charge in [-0.3, -0.25) is 4.79 Å². The molecule has 1 heterocycles. The van der Waals surface area contributed by atoms with Crippen LogP contribution in [0.1, 0.15) is 36.1 Å². The highest BCUT2D eigenvalue weighted by Crippen LogP contribution is 2.18. The van der Waals surface area contributed by atoms with E-state index in [0.29, 0.717) is 24.1 Å². The van der Waals surface area contributed by atoms with Gasteiger partial charge in [0.1, 0.15) is 5.75 Å². The van der Waals surface area contributed by atoms with Crippen LogP contribution >= 0.6 is 0 Å². The summed E-state index contributed by atoms with van der Waals surface area (Å²) in [7, 11) is 1.63. The second-order valence-corrected chi connectivity index (χ2v) is 5.10. The van der Waals surface area contributed by atoms with E-state index in [4.69, 9.17) is 4.74 Å². The maximum Gasteiger partial charge on any atom is 0.254 e. The fraction of sp³-hybridized carbons (Fsp3) is 0.353. The molecule has 0 aliphatic carbocycles. The lowest BCUT2D eigenvalue weighted by atomic mass is 10.0. The standard InChI is InChI=1S/C17H21NO3/c1-4-16(19)15-9-10-18(17(20)12(15)2)11-13-5-7-14(21-3)8-6-13/h5-10,16,19H,4,11H2,1-3H3. The smallest absolute Gasteiger partial charge is 0.254 e. The zero-order valence-electron chi connectivity index (χ0n) is 12.7. The van der Waals surface area contributed by atoms with Gasteiger partial charge in [-0.05, 0) is 42.7 Å². The number of ether oxygens (including phenoxy) is 1. The number of aromatic nitrogens is 1. The van der Waals surface area contributed by atoms with Crippen LogP contribution in [0.5, 0.6) is 5.75 Å². The Kier molecular flexibility index (Phi) is 4.81.